The maximum Gasteiger partial charge on any atom is 0.260 e. The first-order valence-corrected chi connectivity index (χ1v) is 9.28. The fourth-order valence-electron chi connectivity index (χ4n) is 2.61. The summed E-state index contributed by atoms with van der Waals surface area (Å²) in [5.74, 6) is 0.450. The number of hydrogen-bond acceptors (Lipinski definition) is 3. The molecule has 124 valence electrons. The van der Waals surface area contributed by atoms with Crippen LogP contribution in [-0.4, -0.2) is 9.97 Å². The smallest absolute Gasteiger partial charge is 0.260 e. The van der Waals surface area contributed by atoms with Crippen LogP contribution in [0.2, 0.25) is 15.1 Å². The zero-order valence-corrected chi connectivity index (χ0v) is 15.6. The van der Waals surface area contributed by atoms with Crippen LogP contribution in [0, 0.1) is 0 Å². The summed E-state index contributed by atoms with van der Waals surface area (Å²) >= 11 is 19.7. The van der Waals surface area contributed by atoms with Gasteiger partial charge < -0.3 is 4.98 Å². The molecule has 3 nitrogen and oxygen atoms in total. The highest BCUT2D eigenvalue weighted by atomic mass is 35.5. The van der Waals surface area contributed by atoms with E-state index in [1.165, 1.54) is 11.3 Å². The lowest BCUT2D eigenvalue weighted by molar-refractivity contribution is 1.19. The molecular formula is C18H9Cl3N2OS. The molecule has 0 radical (unpaired) electrons. The molecule has 0 spiro atoms. The average molecular weight is 408 g/mol. The highest BCUT2D eigenvalue weighted by molar-refractivity contribution is 7.17. The number of aromatic amines is 1. The van der Waals surface area contributed by atoms with Crippen molar-refractivity contribution in [2.45, 2.75) is 0 Å². The Bertz CT molecular complexity index is 1170. The first-order chi connectivity index (χ1) is 12.0. The molecular weight excluding hydrogens is 399 g/mol. The molecule has 4 rings (SSSR count). The number of rotatable bonds is 2. The van der Waals surface area contributed by atoms with Gasteiger partial charge in [-0.2, -0.15) is 0 Å². The first kappa shape index (κ1) is 16.6. The maximum atomic E-state index is 12.7. The minimum Gasteiger partial charge on any atom is -0.306 e. The zero-order chi connectivity index (χ0) is 17.6. The number of H-pyrrole nitrogens is 1. The minimum atomic E-state index is -0.220. The van der Waals surface area contributed by atoms with Gasteiger partial charge in [0, 0.05) is 16.5 Å². The number of nitrogens with zero attached hydrogens (tertiary/aromatic N) is 1. The van der Waals surface area contributed by atoms with E-state index in [1.54, 1.807) is 18.2 Å². The van der Waals surface area contributed by atoms with E-state index >= 15 is 0 Å². The van der Waals surface area contributed by atoms with E-state index in [4.69, 9.17) is 34.8 Å². The molecule has 0 fully saturated rings. The van der Waals surface area contributed by atoms with Crippen molar-refractivity contribution in [1.82, 2.24) is 9.97 Å². The Morgan fingerprint density at radius 2 is 1.72 bits per heavy atom. The molecule has 0 bridgehead atoms. The van der Waals surface area contributed by atoms with Crippen LogP contribution in [-0.2, 0) is 0 Å². The highest BCUT2D eigenvalue weighted by Crippen LogP contribution is 2.35. The van der Waals surface area contributed by atoms with Gasteiger partial charge in [0.2, 0.25) is 0 Å². The van der Waals surface area contributed by atoms with Crippen molar-refractivity contribution >= 4 is 56.4 Å². The van der Waals surface area contributed by atoms with Crippen LogP contribution in [0.3, 0.4) is 0 Å². The van der Waals surface area contributed by atoms with Gasteiger partial charge in [-0.05, 0) is 29.8 Å². The third-order valence-corrected chi connectivity index (χ3v) is 5.74. The lowest BCUT2D eigenvalue weighted by Crippen LogP contribution is -2.09. The number of fused-ring (bicyclic) bond motifs is 1. The third-order valence-electron chi connectivity index (χ3n) is 3.80. The number of aromatic nitrogens is 2. The predicted octanol–water partition coefficient (Wildman–Crippen LogP) is 6.28. The fraction of sp³-hybridized carbons (Fsp3) is 0. The summed E-state index contributed by atoms with van der Waals surface area (Å²) in [5.41, 5.74) is 2.06. The van der Waals surface area contributed by atoms with Crippen LogP contribution in [0.1, 0.15) is 0 Å². The Balaban J connectivity index is 1.92. The second-order valence-electron chi connectivity index (χ2n) is 5.35. The molecule has 2 aromatic carbocycles. The first-order valence-electron chi connectivity index (χ1n) is 7.26. The van der Waals surface area contributed by atoms with E-state index in [0.717, 1.165) is 11.1 Å². The third kappa shape index (κ3) is 2.96. The fourth-order valence-corrected chi connectivity index (χ4v) is 4.08. The van der Waals surface area contributed by atoms with Crippen LogP contribution in [0.15, 0.2) is 52.6 Å². The molecule has 4 aromatic rings. The average Bonchev–Trinajstić information content (AvgIpc) is 3.02. The molecule has 0 atom stereocenters. The minimum absolute atomic E-state index is 0.220. The summed E-state index contributed by atoms with van der Waals surface area (Å²) < 4.78 is 0. The van der Waals surface area contributed by atoms with Gasteiger partial charge in [-0.25, -0.2) is 4.98 Å². The van der Waals surface area contributed by atoms with E-state index in [2.05, 4.69) is 9.97 Å². The number of hydrogen-bond donors (Lipinski definition) is 1. The van der Waals surface area contributed by atoms with Gasteiger partial charge >= 0.3 is 0 Å². The van der Waals surface area contributed by atoms with Crippen LogP contribution in [0.25, 0.3) is 32.7 Å². The molecule has 0 unspecified atom stereocenters. The Morgan fingerprint density at radius 3 is 2.48 bits per heavy atom. The Morgan fingerprint density at radius 1 is 0.920 bits per heavy atom. The van der Waals surface area contributed by atoms with Crippen LogP contribution in [0.4, 0.5) is 0 Å². The Hall–Kier alpha value is -1.85. The number of thiophene rings is 1. The van der Waals surface area contributed by atoms with Crippen molar-refractivity contribution < 1.29 is 0 Å². The van der Waals surface area contributed by atoms with E-state index in [9.17, 15) is 4.79 Å². The summed E-state index contributed by atoms with van der Waals surface area (Å²) in [7, 11) is 0. The van der Waals surface area contributed by atoms with E-state index in [1.807, 2.05) is 29.6 Å². The van der Waals surface area contributed by atoms with Crippen molar-refractivity contribution in [3.05, 3.63) is 73.3 Å². The van der Waals surface area contributed by atoms with Crippen molar-refractivity contribution in [2.75, 3.05) is 0 Å². The maximum absolute atomic E-state index is 12.7. The number of nitrogens with one attached hydrogen (secondary N) is 1. The number of halogens is 3. The van der Waals surface area contributed by atoms with E-state index < -0.39 is 0 Å². The molecule has 0 aliphatic carbocycles. The van der Waals surface area contributed by atoms with E-state index in [0.29, 0.717) is 36.7 Å². The van der Waals surface area contributed by atoms with Crippen LogP contribution < -0.4 is 5.56 Å². The van der Waals surface area contributed by atoms with Gasteiger partial charge in [0.1, 0.15) is 10.7 Å². The molecule has 25 heavy (non-hydrogen) atoms. The Labute approximate surface area is 161 Å². The van der Waals surface area contributed by atoms with E-state index in [-0.39, 0.29) is 5.56 Å². The summed E-state index contributed by atoms with van der Waals surface area (Å²) in [5, 5.41) is 3.86. The standard InChI is InChI=1S/C18H9Cl3N2OS/c19-12-4-2-1-3-10(12)16-22-17(24)15-11(8-25-18(15)23-16)9-5-6-13(20)14(21)7-9/h1-8H,(H,22,23,24). The predicted molar refractivity (Wildman–Crippen MR) is 106 cm³/mol. The zero-order valence-electron chi connectivity index (χ0n) is 12.5. The van der Waals surface area contributed by atoms with Gasteiger partial charge in [-0.1, -0.05) is 53.0 Å². The van der Waals surface area contributed by atoms with Crippen LogP contribution >= 0.6 is 46.1 Å². The van der Waals surface area contributed by atoms with Gasteiger partial charge in [-0.15, -0.1) is 11.3 Å². The summed E-state index contributed by atoms with van der Waals surface area (Å²) in [6, 6.07) is 12.5. The van der Waals surface area contributed by atoms with Gasteiger partial charge in [0.25, 0.3) is 5.56 Å². The van der Waals surface area contributed by atoms with Gasteiger partial charge in [0.05, 0.1) is 20.5 Å². The van der Waals surface area contributed by atoms with Crippen molar-refractivity contribution in [1.29, 1.82) is 0 Å². The molecule has 0 aliphatic rings. The monoisotopic (exact) mass is 406 g/mol. The quantitative estimate of drug-likeness (QED) is 0.425. The normalized spacial score (nSPS) is 11.2. The second kappa shape index (κ2) is 6.46. The lowest BCUT2D eigenvalue weighted by Gasteiger charge is -2.05. The van der Waals surface area contributed by atoms with Crippen LogP contribution in [0.5, 0.6) is 0 Å². The molecule has 7 heteroatoms. The number of benzene rings is 2. The second-order valence-corrected chi connectivity index (χ2v) is 7.43. The largest absolute Gasteiger partial charge is 0.306 e. The van der Waals surface area contributed by atoms with Crippen molar-refractivity contribution in [3.63, 3.8) is 0 Å². The molecule has 0 aliphatic heterocycles. The van der Waals surface area contributed by atoms with Crippen molar-refractivity contribution in [2.24, 2.45) is 0 Å². The summed E-state index contributed by atoms with van der Waals surface area (Å²) in [6.07, 6.45) is 0. The molecule has 1 N–H and O–H groups in total. The molecule has 2 heterocycles. The molecule has 0 saturated carbocycles. The molecule has 0 saturated heterocycles. The van der Waals surface area contributed by atoms with Gasteiger partial charge in [-0.3, -0.25) is 4.79 Å². The summed E-state index contributed by atoms with van der Waals surface area (Å²) in [6.45, 7) is 0. The highest BCUT2D eigenvalue weighted by Gasteiger charge is 2.15. The topological polar surface area (TPSA) is 45.8 Å². The molecule has 2 aromatic heterocycles. The summed E-state index contributed by atoms with van der Waals surface area (Å²) in [4.78, 5) is 20.7. The molecule has 0 amide bonds. The Kier molecular flexibility index (Phi) is 4.29. The SMILES string of the molecule is O=c1[nH]c(-c2ccccc2Cl)nc2scc(-c3ccc(Cl)c(Cl)c3)c12. The lowest BCUT2D eigenvalue weighted by atomic mass is 10.1. The van der Waals surface area contributed by atoms with Gasteiger partial charge in [0.15, 0.2) is 0 Å². The van der Waals surface area contributed by atoms with Crippen molar-refractivity contribution in [3.8, 4) is 22.5 Å².